The number of nitrogens with one attached hydrogen (secondary N) is 1. The maximum Gasteiger partial charge on any atom is 0.417 e. The molecule has 9 heteroatoms. The van der Waals surface area contributed by atoms with Crippen LogP contribution in [0.25, 0.3) is 11.1 Å². The van der Waals surface area contributed by atoms with E-state index in [4.69, 9.17) is 11.6 Å². The van der Waals surface area contributed by atoms with Gasteiger partial charge < -0.3 is 0 Å². The number of rotatable bonds is 5. The first-order valence-corrected chi connectivity index (χ1v) is 8.70. The van der Waals surface area contributed by atoms with Crippen molar-refractivity contribution in [3.63, 3.8) is 0 Å². The van der Waals surface area contributed by atoms with Crippen molar-refractivity contribution in [3.8, 4) is 11.1 Å². The van der Waals surface area contributed by atoms with Gasteiger partial charge in [0.2, 0.25) is 10.0 Å². The van der Waals surface area contributed by atoms with Gasteiger partial charge in [-0.05, 0) is 23.8 Å². The van der Waals surface area contributed by atoms with Gasteiger partial charge in [-0.2, -0.15) is 13.2 Å². The van der Waals surface area contributed by atoms with Crippen LogP contribution in [0.4, 0.5) is 17.6 Å². The number of hydrogen-bond donors (Lipinski definition) is 1. The fourth-order valence-electron chi connectivity index (χ4n) is 2.10. The second kappa shape index (κ2) is 7.08. The third-order valence-electron chi connectivity index (χ3n) is 3.16. The number of alkyl halides is 4. The Morgan fingerprint density at radius 2 is 1.71 bits per heavy atom. The largest absolute Gasteiger partial charge is 0.417 e. The molecule has 3 nitrogen and oxygen atoms in total. The topological polar surface area (TPSA) is 46.2 Å². The molecule has 0 fully saturated rings. The number of benzene rings is 2. The van der Waals surface area contributed by atoms with Gasteiger partial charge in [-0.3, -0.25) is 0 Å². The molecule has 0 aliphatic heterocycles. The molecule has 2 rings (SSSR count). The summed E-state index contributed by atoms with van der Waals surface area (Å²) in [4.78, 5) is -0.569. The third-order valence-corrected chi connectivity index (χ3v) is 4.81. The summed E-state index contributed by atoms with van der Waals surface area (Å²) in [5, 5.41) is 0. The van der Waals surface area contributed by atoms with E-state index < -0.39 is 38.0 Å². The summed E-state index contributed by atoms with van der Waals surface area (Å²) in [6, 6.07) is 7.39. The van der Waals surface area contributed by atoms with E-state index >= 15 is 0 Å². The molecule has 1 N–H and O–H groups in total. The summed E-state index contributed by atoms with van der Waals surface area (Å²) >= 11 is 5.37. The first-order valence-electron chi connectivity index (χ1n) is 6.68. The molecule has 0 saturated heterocycles. The van der Waals surface area contributed by atoms with E-state index in [2.05, 4.69) is 4.72 Å². The lowest BCUT2D eigenvalue weighted by molar-refractivity contribution is -0.137. The Morgan fingerprint density at radius 3 is 2.29 bits per heavy atom. The van der Waals surface area contributed by atoms with Crippen molar-refractivity contribution >= 4 is 21.6 Å². The molecule has 2 aromatic carbocycles. The highest BCUT2D eigenvalue weighted by atomic mass is 35.5. The van der Waals surface area contributed by atoms with Crippen molar-refractivity contribution in [2.45, 2.75) is 11.1 Å². The molecule has 0 radical (unpaired) electrons. The predicted molar refractivity (Wildman–Crippen MR) is 82.7 cm³/mol. The second-order valence-corrected chi connectivity index (χ2v) is 6.92. The van der Waals surface area contributed by atoms with E-state index in [1.165, 1.54) is 18.2 Å². The van der Waals surface area contributed by atoms with Crippen molar-refractivity contribution in [2.75, 3.05) is 12.4 Å². The van der Waals surface area contributed by atoms with Crippen LogP contribution < -0.4 is 4.72 Å². The average molecular weight is 382 g/mol. The summed E-state index contributed by atoms with van der Waals surface area (Å²) in [5.41, 5.74) is -1.93. The zero-order chi connectivity index (χ0) is 18.0. The lowest BCUT2D eigenvalue weighted by Crippen LogP contribution is -2.26. The second-order valence-electron chi connectivity index (χ2n) is 4.77. The Morgan fingerprint density at radius 1 is 1.04 bits per heavy atom. The molecule has 0 saturated carbocycles. The molecule has 0 amide bonds. The third kappa shape index (κ3) is 4.06. The van der Waals surface area contributed by atoms with Crippen molar-refractivity contribution in [1.29, 1.82) is 0 Å². The van der Waals surface area contributed by atoms with E-state index in [0.717, 1.165) is 18.2 Å². The number of sulfonamides is 1. The van der Waals surface area contributed by atoms with Crippen LogP contribution in [0.5, 0.6) is 0 Å². The van der Waals surface area contributed by atoms with Gasteiger partial charge in [0.15, 0.2) is 0 Å². The van der Waals surface area contributed by atoms with Crippen LogP contribution >= 0.6 is 11.6 Å². The van der Waals surface area contributed by atoms with Gasteiger partial charge in [0, 0.05) is 18.0 Å². The maximum absolute atomic E-state index is 13.8. The minimum Gasteiger partial charge on any atom is -0.210 e. The normalized spacial score (nSPS) is 12.4. The Hall–Kier alpha value is -1.64. The summed E-state index contributed by atoms with van der Waals surface area (Å²) in [6.45, 7) is -0.125. The molecule has 0 atom stereocenters. The van der Waals surface area contributed by atoms with E-state index in [-0.39, 0.29) is 18.0 Å². The minimum atomic E-state index is -4.85. The molecule has 24 heavy (non-hydrogen) atoms. The molecule has 2 aromatic rings. The highest BCUT2D eigenvalue weighted by Gasteiger charge is 2.35. The molecular weight excluding hydrogens is 370 g/mol. The molecule has 0 bridgehead atoms. The van der Waals surface area contributed by atoms with Crippen molar-refractivity contribution in [1.82, 2.24) is 4.72 Å². The highest BCUT2D eigenvalue weighted by Crippen LogP contribution is 2.39. The molecule has 130 valence electrons. The van der Waals surface area contributed by atoms with Gasteiger partial charge in [0.25, 0.3) is 0 Å². The lowest BCUT2D eigenvalue weighted by Gasteiger charge is -2.15. The van der Waals surface area contributed by atoms with E-state index in [0.29, 0.717) is 6.07 Å². The first kappa shape index (κ1) is 18.7. The predicted octanol–water partition coefficient (Wildman–Crippen LogP) is 4.03. The smallest absolute Gasteiger partial charge is 0.210 e. The zero-order valence-corrected chi connectivity index (χ0v) is 13.6. The van der Waals surface area contributed by atoms with E-state index in [9.17, 15) is 26.0 Å². The Bertz CT molecular complexity index is 838. The quantitative estimate of drug-likeness (QED) is 0.628. The zero-order valence-electron chi connectivity index (χ0n) is 12.1. The summed E-state index contributed by atoms with van der Waals surface area (Å²) in [7, 11) is -4.14. The Labute approximate surface area is 141 Å². The maximum atomic E-state index is 13.8. The van der Waals surface area contributed by atoms with Gasteiger partial charge in [0.05, 0.1) is 10.5 Å². The van der Waals surface area contributed by atoms with E-state index in [1.807, 2.05) is 0 Å². The number of hydrogen-bond acceptors (Lipinski definition) is 2. The molecule has 0 aliphatic carbocycles. The van der Waals surface area contributed by atoms with Gasteiger partial charge in [-0.25, -0.2) is 17.5 Å². The Balaban J connectivity index is 2.62. The summed E-state index contributed by atoms with van der Waals surface area (Å²) in [6.07, 6.45) is -4.85. The van der Waals surface area contributed by atoms with Crippen LogP contribution in [-0.4, -0.2) is 20.8 Å². The van der Waals surface area contributed by atoms with Crippen LogP contribution in [0.2, 0.25) is 0 Å². The van der Waals surface area contributed by atoms with Gasteiger partial charge in [0.1, 0.15) is 5.82 Å². The van der Waals surface area contributed by atoms with Gasteiger partial charge >= 0.3 is 6.18 Å². The van der Waals surface area contributed by atoms with Crippen LogP contribution in [-0.2, 0) is 16.2 Å². The van der Waals surface area contributed by atoms with Crippen LogP contribution in [0.3, 0.4) is 0 Å². The van der Waals surface area contributed by atoms with E-state index in [1.54, 1.807) is 0 Å². The van der Waals surface area contributed by atoms with Crippen LogP contribution in [0, 0.1) is 5.82 Å². The molecule has 0 spiro atoms. The van der Waals surface area contributed by atoms with Crippen molar-refractivity contribution in [3.05, 3.63) is 53.8 Å². The molecule has 0 aliphatic rings. The summed E-state index contributed by atoms with van der Waals surface area (Å²) in [5.74, 6) is -0.863. The molecule has 0 unspecified atom stereocenters. The molecule has 0 heterocycles. The van der Waals surface area contributed by atoms with Gasteiger partial charge in [-0.15, -0.1) is 11.6 Å². The fraction of sp³-hybridized carbons (Fsp3) is 0.200. The fourth-order valence-corrected chi connectivity index (χ4v) is 3.36. The Kier molecular flexibility index (Phi) is 5.52. The average Bonchev–Trinajstić information content (AvgIpc) is 2.52. The van der Waals surface area contributed by atoms with Crippen LogP contribution in [0.15, 0.2) is 47.4 Å². The molecular formula is C15H12ClF4NO2S. The lowest BCUT2D eigenvalue weighted by atomic mass is 9.99. The van der Waals surface area contributed by atoms with Crippen LogP contribution in [0.1, 0.15) is 5.56 Å². The number of halogens is 5. The highest BCUT2D eigenvalue weighted by molar-refractivity contribution is 7.89. The van der Waals surface area contributed by atoms with Gasteiger partial charge in [-0.1, -0.05) is 24.3 Å². The SMILES string of the molecule is O=S(=O)(NCCCl)c1ccc(-c2ccccc2F)c(C(F)(F)F)c1. The summed E-state index contributed by atoms with van der Waals surface area (Å²) < 4.78 is 79.8. The van der Waals surface area contributed by atoms with Crippen molar-refractivity contribution < 1.29 is 26.0 Å². The standard InChI is InChI=1S/C15H12ClF4NO2S/c16-7-8-21-24(22,23)10-5-6-11(13(9-10)15(18,19)20)12-3-1-2-4-14(12)17/h1-6,9,21H,7-8H2. The molecule has 0 aromatic heterocycles. The minimum absolute atomic E-state index is 0.0291. The first-order chi connectivity index (χ1) is 11.2. The van der Waals surface area contributed by atoms with Crippen molar-refractivity contribution in [2.24, 2.45) is 0 Å². The monoisotopic (exact) mass is 381 g/mol.